The van der Waals surface area contributed by atoms with Crippen molar-refractivity contribution in [2.75, 3.05) is 13.2 Å². The maximum absolute atomic E-state index is 12.0. The minimum Gasteiger partial charge on any atom is -0.454 e. The van der Waals surface area contributed by atoms with Crippen LogP contribution in [0.3, 0.4) is 0 Å². The molecule has 1 atom stereocenters. The number of ether oxygens (including phenoxy) is 1. The molecular formula is C17H19Cl2N3O4. The Labute approximate surface area is 161 Å². The van der Waals surface area contributed by atoms with Crippen LogP contribution in [0.15, 0.2) is 18.2 Å². The molecule has 0 saturated carbocycles. The van der Waals surface area contributed by atoms with E-state index in [1.165, 1.54) is 18.2 Å². The molecule has 0 aliphatic rings. The monoisotopic (exact) mass is 399 g/mol. The molecule has 0 spiro atoms. The fourth-order valence-electron chi connectivity index (χ4n) is 1.75. The molecule has 0 bridgehead atoms. The highest BCUT2D eigenvalue weighted by molar-refractivity contribution is 6.36. The van der Waals surface area contributed by atoms with Gasteiger partial charge in [0.2, 0.25) is 0 Å². The van der Waals surface area contributed by atoms with E-state index in [0.717, 1.165) is 0 Å². The van der Waals surface area contributed by atoms with Crippen LogP contribution in [0, 0.1) is 17.2 Å². The van der Waals surface area contributed by atoms with Crippen molar-refractivity contribution in [2.45, 2.75) is 26.3 Å². The Kier molecular flexibility index (Phi) is 7.87. The van der Waals surface area contributed by atoms with E-state index in [4.69, 9.17) is 33.2 Å². The summed E-state index contributed by atoms with van der Waals surface area (Å²) in [6.07, 6.45) is 0. The van der Waals surface area contributed by atoms with Crippen LogP contribution in [0.5, 0.6) is 0 Å². The summed E-state index contributed by atoms with van der Waals surface area (Å²) in [6, 6.07) is 6.33. The van der Waals surface area contributed by atoms with Gasteiger partial charge < -0.3 is 15.4 Å². The summed E-state index contributed by atoms with van der Waals surface area (Å²) in [4.78, 5) is 35.4. The third kappa shape index (κ3) is 6.21. The van der Waals surface area contributed by atoms with Crippen molar-refractivity contribution in [3.8, 4) is 6.07 Å². The van der Waals surface area contributed by atoms with Crippen molar-refractivity contribution in [3.63, 3.8) is 0 Å². The quantitative estimate of drug-likeness (QED) is 0.683. The minimum absolute atomic E-state index is 0.129. The number of carbonyl (C=O) groups excluding carboxylic acids is 3. The van der Waals surface area contributed by atoms with Gasteiger partial charge in [-0.15, -0.1) is 0 Å². The molecule has 1 aromatic carbocycles. The average Bonchev–Trinajstić information content (AvgIpc) is 2.57. The number of hydrogen-bond acceptors (Lipinski definition) is 5. The van der Waals surface area contributed by atoms with Crippen molar-refractivity contribution in [3.05, 3.63) is 33.8 Å². The van der Waals surface area contributed by atoms with Crippen molar-refractivity contribution in [1.82, 2.24) is 10.6 Å². The highest BCUT2D eigenvalue weighted by Crippen LogP contribution is 2.20. The Morgan fingerprint density at radius 1 is 1.31 bits per heavy atom. The topological polar surface area (TPSA) is 108 Å². The molecule has 0 heterocycles. The highest BCUT2D eigenvalue weighted by Gasteiger charge is 2.30. The lowest BCUT2D eigenvalue weighted by atomic mass is 9.90. The second kappa shape index (κ2) is 9.41. The van der Waals surface area contributed by atoms with Gasteiger partial charge in [0.15, 0.2) is 6.61 Å². The molecule has 1 rings (SSSR count). The van der Waals surface area contributed by atoms with Crippen LogP contribution in [-0.4, -0.2) is 36.5 Å². The normalized spacial score (nSPS) is 12.7. The molecule has 7 nitrogen and oxygen atoms in total. The van der Waals surface area contributed by atoms with Crippen LogP contribution in [0.4, 0.5) is 0 Å². The SMILES string of the molecule is CC(C)[C@](C)(C#N)NC(=O)COC(=O)CNC(=O)c1ccc(Cl)cc1Cl. The molecule has 0 aliphatic carbocycles. The summed E-state index contributed by atoms with van der Waals surface area (Å²) in [5.41, 5.74) is -0.911. The summed E-state index contributed by atoms with van der Waals surface area (Å²) in [6.45, 7) is 4.15. The number of amides is 2. The summed E-state index contributed by atoms with van der Waals surface area (Å²) in [5, 5.41) is 14.5. The molecule has 2 N–H and O–H groups in total. The van der Waals surface area contributed by atoms with Crippen LogP contribution in [-0.2, 0) is 14.3 Å². The van der Waals surface area contributed by atoms with Gasteiger partial charge in [-0.1, -0.05) is 37.0 Å². The van der Waals surface area contributed by atoms with E-state index in [1.54, 1.807) is 20.8 Å². The Morgan fingerprint density at radius 3 is 2.50 bits per heavy atom. The van der Waals surface area contributed by atoms with Crippen molar-refractivity contribution in [2.24, 2.45) is 5.92 Å². The second-order valence-corrected chi connectivity index (χ2v) is 6.83. The third-order valence-corrected chi connectivity index (χ3v) is 4.27. The number of nitrogens with one attached hydrogen (secondary N) is 2. The first kappa shape index (κ1) is 21.7. The van der Waals surface area contributed by atoms with Crippen molar-refractivity contribution >= 4 is 41.0 Å². The summed E-state index contributed by atoms with van der Waals surface area (Å²) in [5.74, 6) is -2.12. The Morgan fingerprint density at radius 2 is 1.96 bits per heavy atom. The predicted molar refractivity (Wildman–Crippen MR) is 96.8 cm³/mol. The molecule has 140 valence electrons. The first-order valence-corrected chi connectivity index (χ1v) is 8.45. The van der Waals surface area contributed by atoms with Crippen LogP contribution in [0.2, 0.25) is 10.0 Å². The molecule has 0 aliphatic heterocycles. The van der Waals surface area contributed by atoms with E-state index >= 15 is 0 Å². The Hall–Kier alpha value is -2.30. The number of nitriles is 1. The molecule has 0 saturated heterocycles. The van der Waals surface area contributed by atoms with E-state index in [2.05, 4.69) is 10.6 Å². The van der Waals surface area contributed by atoms with Crippen molar-refractivity contribution < 1.29 is 19.1 Å². The van der Waals surface area contributed by atoms with Crippen molar-refractivity contribution in [1.29, 1.82) is 5.26 Å². The average molecular weight is 400 g/mol. The van der Waals surface area contributed by atoms with E-state index in [0.29, 0.717) is 5.02 Å². The highest BCUT2D eigenvalue weighted by atomic mass is 35.5. The number of carbonyl (C=O) groups is 3. The van der Waals surface area contributed by atoms with Crippen LogP contribution in [0.25, 0.3) is 0 Å². The smallest absolute Gasteiger partial charge is 0.325 e. The van der Waals surface area contributed by atoms with E-state index in [1.807, 2.05) is 6.07 Å². The molecule has 26 heavy (non-hydrogen) atoms. The lowest BCUT2D eigenvalue weighted by Gasteiger charge is -2.27. The summed E-state index contributed by atoms with van der Waals surface area (Å²) in [7, 11) is 0. The number of esters is 1. The summed E-state index contributed by atoms with van der Waals surface area (Å²) < 4.78 is 4.78. The minimum atomic E-state index is -1.07. The zero-order valence-electron chi connectivity index (χ0n) is 14.6. The van der Waals surface area contributed by atoms with Gasteiger partial charge in [0.05, 0.1) is 16.7 Å². The number of hydrogen-bond donors (Lipinski definition) is 2. The van der Waals surface area contributed by atoms with E-state index in [-0.39, 0.29) is 16.5 Å². The molecule has 1 aromatic rings. The molecule has 9 heteroatoms. The number of nitrogens with zero attached hydrogens (tertiary/aromatic N) is 1. The van der Waals surface area contributed by atoms with Gasteiger partial charge in [0.25, 0.3) is 11.8 Å². The van der Waals surface area contributed by atoms with Crippen LogP contribution in [0.1, 0.15) is 31.1 Å². The second-order valence-electron chi connectivity index (χ2n) is 5.98. The molecule has 0 unspecified atom stereocenters. The fraction of sp³-hybridized carbons (Fsp3) is 0.412. The summed E-state index contributed by atoms with van der Waals surface area (Å²) >= 11 is 11.6. The van der Waals surface area contributed by atoms with Crippen LogP contribution >= 0.6 is 23.2 Å². The van der Waals surface area contributed by atoms with E-state index < -0.39 is 36.5 Å². The molecule has 0 aromatic heterocycles. The molecule has 2 amide bonds. The van der Waals surface area contributed by atoms with Gasteiger partial charge in [-0.2, -0.15) is 5.26 Å². The van der Waals surface area contributed by atoms with Gasteiger partial charge >= 0.3 is 5.97 Å². The largest absolute Gasteiger partial charge is 0.454 e. The molecule has 0 fully saturated rings. The van der Waals surface area contributed by atoms with Gasteiger partial charge in [0.1, 0.15) is 12.1 Å². The molecule has 0 radical (unpaired) electrons. The first-order chi connectivity index (χ1) is 12.1. The van der Waals surface area contributed by atoms with Gasteiger partial charge in [-0.3, -0.25) is 14.4 Å². The maximum Gasteiger partial charge on any atom is 0.325 e. The lowest BCUT2D eigenvalue weighted by Crippen LogP contribution is -2.50. The fourth-order valence-corrected chi connectivity index (χ4v) is 2.24. The zero-order valence-corrected chi connectivity index (χ0v) is 16.1. The van der Waals surface area contributed by atoms with E-state index in [9.17, 15) is 14.4 Å². The van der Waals surface area contributed by atoms with Gasteiger partial charge in [0, 0.05) is 5.02 Å². The predicted octanol–water partition coefficient (Wildman–Crippen LogP) is 2.32. The zero-order chi connectivity index (χ0) is 19.9. The number of rotatable bonds is 7. The number of benzene rings is 1. The van der Waals surface area contributed by atoms with Gasteiger partial charge in [-0.25, -0.2) is 0 Å². The lowest BCUT2D eigenvalue weighted by molar-refractivity contribution is -0.147. The standard InChI is InChI=1S/C17H19Cl2N3O4/c1-10(2)17(3,9-20)22-14(23)8-26-15(24)7-21-16(25)12-5-4-11(18)6-13(12)19/h4-6,10H,7-8H2,1-3H3,(H,21,25)(H,22,23)/t17-/m0/s1. The Balaban J connectivity index is 2.46. The maximum atomic E-state index is 12.0. The third-order valence-electron chi connectivity index (χ3n) is 3.72. The molecular weight excluding hydrogens is 381 g/mol. The van der Waals surface area contributed by atoms with Crippen LogP contribution < -0.4 is 10.6 Å². The Bertz CT molecular complexity index is 746. The first-order valence-electron chi connectivity index (χ1n) is 7.70. The van der Waals surface area contributed by atoms with Gasteiger partial charge in [-0.05, 0) is 31.0 Å². The number of halogens is 2.